The first kappa shape index (κ1) is 11.4. The van der Waals surface area contributed by atoms with Crippen molar-refractivity contribution in [1.82, 2.24) is 4.98 Å². The lowest BCUT2D eigenvalue weighted by Crippen LogP contribution is -2.16. The number of aromatic nitrogens is 1. The van der Waals surface area contributed by atoms with Crippen LogP contribution in [0.3, 0.4) is 0 Å². The summed E-state index contributed by atoms with van der Waals surface area (Å²) in [6.07, 6.45) is 1.55. The molecule has 5 nitrogen and oxygen atoms in total. The van der Waals surface area contributed by atoms with Crippen molar-refractivity contribution in [3.63, 3.8) is 0 Å². The number of anilines is 1. The molecular weight excluding hydrogens is 214 g/mol. The maximum absolute atomic E-state index is 10.8. The smallest absolute Gasteiger partial charge is 0.325 e. The van der Waals surface area contributed by atoms with Crippen LogP contribution < -0.4 is 11.1 Å². The first-order valence-electron chi connectivity index (χ1n) is 4.20. The lowest BCUT2D eigenvalue weighted by atomic mass is 10.3. The fraction of sp³-hybridized carbons (Fsp3) is 0.222. The predicted octanol–water partition coefficient (Wildman–Crippen LogP) is 0.301. The molecule has 0 aromatic carbocycles. The molecule has 0 saturated heterocycles. The highest BCUT2D eigenvalue weighted by Crippen LogP contribution is 2.05. The first-order valence-corrected chi connectivity index (χ1v) is 4.61. The SMILES string of the molecule is COC(=O)CNc1ccc(C(N)=S)nc1. The molecule has 0 radical (unpaired) electrons. The number of nitrogens with two attached hydrogens (primary N) is 1. The van der Waals surface area contributed by atoms with Gasteiger partial charge in [0.15, 0.2) is 0 Å². The highest BCUT2D eigenvalue weighted by Gasteiger charge is 2.01. The molecule has 0 amide bonds. The van der Waals surface area contributed by atoms with Gasteiger partial charge in [-0.25, -0.2) is 0 Å². The minimum absolute atomic E-state index is 0.102. The summed E-state index contributed by atoms with van der Waals surface area (Å²) in [5.74, 6) is -0.339. The van der Waals surface area contributed by atoms with Crippen molar-refractivity contribution in [2.75, 3.05) is 19.0 Å². The molecule has 0 unspecified atom stereocenters. The van der Waals surface area contributed by atoms with Gasteiger partial charge in [0.05, 0.1) is 24.7 Å². The zero-order valence-electron chi connectivity index (χ0n) is 8.19. The number of hydrogen-bond donors (Lipinski definition) is 2. The molecule has 3 N–H and O–H groups in total. The Bertz CT molecular complexity index is 364. The number of carbonyl (C=O) groups is 1. The molecule has 0 fully saturated rings. The van der Waals surface area contributed by atoms with Crippen LogP contribution in [0.1, 0.15) is 5.69 Å². The van der Waals surface area contributed by atoms with Crippen LogP contribution in [0, 0.1) is 0 Å². The van der Waals surface area contributed by atoms with Crippen LogP contribution in [0.4, 0.5) is 5.69 Å². The van der Waals surface area contributed by atoms with Gasteiger partial charge in [-0.2, -0.15) is 0 Å². The summed E-state index contributed by atoms with van der Waals surface area (Å²) in [6.45, 7) is 0.102. The van der Waals surface area contributed by atoms with E-state index in [0.717, 1.165) is 0 Å². The van der Waals surface area contributed by atoms with Gasteiger partial charge >= 0.3 is 5.97 Å². The van der Waals surface area contributed by atoms with Crippen molar-refractivity contribution in [3.05, 3.63) is 24.0 Å². The Labute approximate surface area is 92.6 Å². The molecule has 0 aliphatic rings. The molecule has 1 aromatic heterocycles. The van der Waals surface area contributed by atoms with Gasteiger partial charge in [-0.1, -0.05) is 12.2 Å². The predicted molar refractivity (Wildman–Crippen MR) is 60.6 cm³/mol. The van der Waals surface area contributed by atoms with E-state index in [9.17, 15) is 4.79 Å². The van der Waals surface area contributed by atoms with E-state index in [1.807, 2.05) is 0 Å². The number of carbonyl (C=O) groups excluding carboxylic acids is 1. The molecule has 0 saturated carbocycles. The maximum atomic E-state index is 10.8. The van der Waals surface area contributed by atoms with Crippen LogP contribution in [0.15, 0.2) is 18.3 Å². The van der Waals surface area contributed by atoms with Gasteiger partial charge < -0.3 is 15.8 Å². The van der Waals surface area contributed by atoms with E-state index in [1.54, 1.807) is 18.3 Å². The number of hydrogen-bond acceptors (Lipinski definition) is 5. The summed E-state index contributed by atoms with van der Waals surface area (Å²) in [5.41, 5.74) is 6.64. The van der Waals surface area contributed by atoms with Gasteiger partial charge in [0.2, 0.25) is 0 Å². The summed E-state index contributed by atoms with van der Waals surface area (Å²) < 4.78 is 4.47. The van der Waals surface area contributed by atoms with Crippen molar-refractivity contribution in [2.45, 2.75) is 0 Å². The van der Waals surface area contributed by atoms with Gasteiger partial charge in [0, 0.05) is 0 Å². The molecular formula is C9H11N3O2S. The second-order valence-corrected chi connectivity index (χ2v) is 3.17. The third-order valence-corrected chi connectivity index (χ3v) is 1.89. The molecule has 15 heavy (non-hydrogen) atoms. The fourth-order valence-electron chi connectivity index (χ4n) is 0.891. The van der Waals surface area contributed by atoms with Gasteiger partial charge in [0.1, 0.15) is 11.5 Å². The second kappa shape index (κ2) is 5.26. The van der Waals surface area contributed by atoms with Crippen molar-refractivity contribution < 1.29 is 9.53 Å². The van der Waals surface area contributed by atoms with Crippen LogP contribution in [0.25, 0.3) is 0 Å². The summed E-state index contributed by atoms with van der Waals surface area (Å²) in [7, 11) is 1.33. The molecule has 6 heteroatoms. The van der Waals surface area contributed by atoms with Crippen molar-refractivity contribution >= 4 is 28.9 Å². The van der Waals surface area contributed by atoms with E-state index in [1.165, 1.54) is 7.11 Å². The van der Waals surface area contributed by atoms with E-state index < -0.39 is 0 Å². The Morgan fingerprint density at radius 3 is 2.87 bits per heavy atom. The Balaban J connectivity index is 2.57. The Morgan fingerprint density at radius 1 is 1.67 bits per heavy atom. The Kier molecular flexibility index (Phi) is 3.99. The van der Waals surface area contributed by atoms with Crippen molar-refractivity contribution in [1.29, 1.82) is 0 Å². The Hall–Kier alpha value is -1.69. The molecule has 80 valence electrons. The number of esters is 1. The second-order valence-electron chi connectivity index (χ2n) is 2.73. The average molecular weight is 225 g/mol. The topological polar surface area (TPSA) is 77.2 Å². The largest absolute Gasteiger partial charge is 0.468 e. The maximum Gasteiger partial charge on any atom is 0.325 e. The standard InChI is InChI=1S/C9H11N3O2S/c1-14-8(13)5-11-6-2-3-7(9(10)15)12-4-6/h2-4,11H,5H2,1H3,(H2,10,15). The number of nitrogens with zero attached hydrogens (tertiary/aromatic N) is 1. The average Bonchev–Trinajstić information content (AvgIpc) is 2.26. The quantitative estimate of drug-likeness (QED) is 0.567. The lowest BCUT2D eigenvalue weighted by molar-refractivity contribution is -0.138. The molecule has 1 aromatic rings. The minimum Gasteiger partial charge on any atom is -0.468 e. The minimum atomic E-state index is -0.339. The van der Waals surface area contributed by atoms with Crippen LogP contribution in [-0.2, 0) is 9.53 Å². The van der Waals surface area contributed by atoms with E-state index in [2.05, 4.69) is 15.0 Å². The highest BCUT2D eigenvalue weighted by atomic mass is 32.1. The van der Waals surface area contributed by atoms with E-state index in [4.69, 9.17) is 18.0 Å². The zero-order valence-corrected chi connectivity index (χ0v) is 9.00. The summed E-state index contributed by atoms with van der Waals surface area (Å²) in [4.78, 5) is 15.1. The lowest BCUT2D eigenvalue weighted by Gasteiger charge is -2.04. The van der Waals surface area contributed by atoms with Gasteiger partial charge in [0.25, 0.3) is 0 Å². The number of methoxy groups -OCH3 is 1. The van der Waals surface area contributed by atoms with Crippen LogP contribution in [0.5, 0.6) is 0 Å². The number of rotatable bonds is 4. The molecule has 1 rings (SSSR count). The number of ether oxygens (including phenoxy) is 1. The highest BCUT2D eigenvalue weighted by molar-refractivity contribution is 7.80. The molecule has 0 bridgehead atoms. The van der Waals surface area contributed by atoms with Crippen molar-refractivity contribution in [3.8, 4) is 0 Å². The fourth-order valence-corrected chi connectivity index (χ4v) is 1.01. The number of thiocarbonyl (C=S) groups is 1. The molecule has 1 heterocycles. The van der Waals surface area contributed by atoms with Crippen molar-refractivity contribution in [2.24, 2.45) is 5.73 Å². The molecule has 0 atom stereocenters. The third-order valence-electron chi connectivity index (χ3n) is 1.68. The van der Waals surface area contributed by atoms with Crippen LogP contribution in [0.2, 0.25) is 0 Å². The third kappa shape index (κ3) is 3.51. The molecule has 0 aliphatic heterocycles. The normalized spacial score (nSPS) is 9.40. The van der Waals surface area contributed by atoms with Gasteiger partial charge in [-0.3, -0.25) is 9.78 Å². The zero-order chi connectivity index (χ0) is 11.3. The number of pyridine rings is 1. The number of nitrogens with one attached hydrogen (secondary N) is 1. The Morgan fingerprint density at radius 2 is 2.40 bits per heavy atom. The molecule has 0 aliphatic carbocycles. The monoisotopic (exact) mass is 225 g/mol. The van der Waals surface area contributed by atoms with Crippen LogP contribution >= 0.6 is 12.2 Å². The van der Waals surface area contributed by atoms with E-state index >= 15 is 0 Å². The molecule has 0 spiro atoms. The summed E-state index contributed by atoms with van der Waals surface area (Å²) in [6, 6.07) is 3.42. The van der Waals surface area contributed by atoms with E-state index in [0.29, 0.717) is 11.4 Å². The van der Waals surface area contributed by atoms with Crippen LogP contribution in [-0.4, -0.2) is 29.6 Å². The summed E-state index contributed by atoms with van der Waals surface area (Å²) in [5, 5.41) is 2.84. The first-order chi connectivity index (χ1) is 7.13. The summed E-state index contributed by atoms with van der Waals surface area (Å²) >= 11 is 4.75. The van der Waals surface area contributed by atoms with Gasteiger partial charge in [-0.05, 0) is 12.1 Å². The van der Waals surface area contributed by atoms with Gasteiger partial charge in [-0.15, -0.1) is 0 Å². The van der Waals surface area contributed by atoms with E-state index in [-0.39, 0.29) is 17.5 Å².